The smallest absolute Gasteiger partial charge is 0.347 e. The van der Waals surface area contributed by atoms with Gasteiger partial charge in [0.05, 0.1) is 0 Å². The van der Waals surface area contributed by atoms with Gasteiger partial charge in [-0.25, -0.2) is 17.9 Å². The first-order valence-electron chi connectivity index (χ1n) is 6.33. The van der Waals surface area contributed by atoms with E-state index in [0.29, 0.717) is 6.42 Å². The molecule has 0 radical (unpaired) electrons. The summed E-state index contributed by atoms with van der Waals surface area (Å²) in [7, 11) is -3.87. The van der Waals surface area contributed by atoms with Crippen molar-refractivity contribution in [3.05, 3.63) is 52.2 Å². The number of rotatable bonds is 6. The third-order valence-corrected chi connectivity index (χ3v) is 5.57. The molecule has 7 heteroatoms. The van der Waals surface area contributed by atoms with Crippen molar-refractivity contribution >= 4 is 27.3 Å². The SMILES string of the molecule is CCC(NS(=O)(=O)c1ccsc1C(=O)O)c1ccccc1. The van der Waals surface area contributed by atoms with Crippen LogP contribution in [-0.4, -0.2) is 19.5 Å². The second-order valence-electron chi connectivity index (χ2n) is 4.41. The highest BCUT2D eigenvalue weighted by Gasteiger charge is 2.26. The summed E-state index contributed by atoms with van der Waals surface area (Å²) in [5.41, 5.74) is 0.843. The van der Waals surface area contributed by atoms with Gasteiger partial charge in [-0.3, -0.25) is 0 Å². The maximum absolute atomic E-state index is 12.4. The van der Waals surface area contributed by atoms with E-state index in [1.165, 1.54) is 11.4 Å². The van der Waals surface area contributed by atoms with Gasteiger partial charge in [0.1, 0.15) is 9.77 Å². The molecule has 1 atom stereocenters. The van der Waals surface area contributed by atoms with Crippen LogP contribution >= 0.6 is 11.3 Å². The van der Waals surface area contributed by atoms with E-state index < -0.39 is 22.0 Å². The van der Waals surface area contributed by atoms with Gasteiger partial charge in [0, 0.05) is 6.04 Å². The number of aromatic carboxylic acids is 1. The standard InChI is InChI=1S/C14H15NO4S2/c1-2-11(10-6-4-3-5-7-10)15-21(18,19)12-8-9-20-13(12)14(16)17/h3-9,11,15H,2H2,1H3,(H,16,17). The number of hydrogen-bond acceptors (Lipinski definition) is 4. The highest BCUT2D eigenvalue weighted by molar-refractivity contribution is 7.89. The first kappa shape index (κ1) is 15.7. The Kier molecular flexibility index (Phi) is 4.76. The summed E-state index contributed by atoms with van der Waals surface area (Å²) < 4.78 is 27.4. The Balaban J connectivity index is 2.32. The summed E-state index contributed by atoms with van der Waals surface area (Å²) in [4.78, 5) is 10.7. The molecule has 1 heterocycles. The summed E-state index contributed by atoms with van der Waals surface area (Å²) in [5.74, 6) is -1.24. The minimum Gasteiger partial charge on any atom is -0.477 e. The van der Waals surface area contributed by atoms with Gasteiger partial charge in [-0.15, -0.1) is 11.3 Å². The van der Waals surface area contributed by atoms with Gasteiger partial charge in [-0.05, 0) is 23.4 Å². The molecule has 1 aromatic carbocycles. The van der Waals surface area contributed by atoms with Crippen molar-refractivity contribution in [2.45, 2.75) is 24.3 Å². The zero-order chi connectivity index (χ0) is 15.5. The molecule has 1 unspecified atom stereocenters. The Morgan fingerprint density at radius 1 is 1.29 bits per heavy atom. The summed E-state index contributed by atoms with van der Waals surface area (Å²) in [5, 5.41) is 10.5. The van der Waals surface area contributed by atoms with Crippen LogP contribution in [0.25, 0.3) is 0 Å². The van der Waals surface area contributed by atoms with E-state index in [2.05, 4.69) is 4.72 Å². The Labute approximate surface area is 127 Å². The van der Waals surface area contributed by atoms with Gasteiger partial charge in [-0.2, -0.15) is 0 Å². The van der Waals surface area contributed by atoms with Gasteiger partial charge in [0.2, 0.25) is 10.0 Å². The molecule has 2 N–H and O–H groups in total. The topological polar surface area (TPSA) is 83.5 Å². The molecule has 0 fully saturated rings. The van der Waals surface area contributed by atoms with Gasteiger partial charge in [0.15, 0.2) is 0 Å². The Bertz CT molecular complexity index is 722. The lowest BCUT2D eigenvalue weighted by atomic mass is 10.1. The zero-order valence-corrected chi connectivity index (χ0v) is 12.9. The lowest BCUT2D eigenvalue weighted by molar-refractivity contribution is 0.0698. The van der Waals surface area contributed by atoms with Crippen molar-refractivity contribution in [3.63, 3.8) is 0 Å². The molecule has 0 saturated carbocycles. The number of carboxylic acids is 1. The van der Waals surface area contributed by atoms with Crippen LogP contribution in [0.5, 0.6) is 0 Å². The minimum atomic E-state index is -3.87. The monoisotopic (exact) mass is 325 g/mol. The van der Waals surface area contributed by atoms with Crippen molar-refractivity contribution in [3.8, 4) is 0 Å². The summed E-state index contributed by atoms with van der Waals surface area (Å²) in [6, 6.07) is 10.1. The van der Waals surface area contributed by atoms with Crippen LogP contribution in [0.2, 0.25) is 0 Å². The molecule has 112 valence electrons. The normalized spacial score (nSPS) is 13.0. The molecule has 0 aliphatic rings. The minimum absolute atomic E-state index is 0.176. The maximum Gasteiger partial charge on any atom is 0.347 e. The third-order valence-electron chi connectivity index (χ3n) is 3.02. The number of benzene rings is 1. The molecule has 0 bridgehead atoms. The van der Waals surface area contributed by atoms with Gasteiger partial charge < -0.3 is 5.11 Å². The second kappa shape index (κ2) is 6.38. The van der Waals surface area contributed by atoms with E-state index in [1.54, 1.807) is 0 Å². The van der Waals surface area contributed by atoms with Crippen LogP contribution in [0.4, 0.5) is 0 Å². The highest BCUT2D eigenvalue weighted by atomic mass is 32.2. The molecule has 0 saturated heterocycles. The number of carboxylic acid groups (broad SMARTS) is 1. The largest absolute Gasteiger partial charge is 0.477 e. The number of nitrogens with one attached hydrogen (secondary N) is 1. The van der Waals surface area contributed by atoms with E-state index in [4.69, 9.17) is 5.11 Å². The van der Waals surface area contributed by atoms with Crippen molar-refractivity contribution in [1.82, 2.24) is 4.72 Å². The lowest BCUT2D eigenvalue weighted by Gasteiger charge is -2.17. The average molecular weight is 325 g/mol. The fourth-order valence-electron chi connectivity index (χ4n) is 1.99. The van der Waals surface area contributed by atoms with Crippen LogP contribution in [0.15, 0.2) is 46.7 Å². The van der Waals surface area contributed by atoms with Gasteiger partial charge in [0.25, 0.3) is 0 Å². The molecule has 2 aromatic rings. The lowest BCUT2D eigenvalue weighted by Crippen LogP contribution is -2.29. The first-order chi connectivity index (χ1) is 9.95. The molecule has 0 spiro atoms. The molecular weight excluding hydrogens is 310 g/mol. The second-order valence-corrected chi connectivity index (χ2v) is 7.01. The first-order valence-corrected chi connectivity index (χ1v) is 8.70. The van der Waals surface area contributed by atoms with Crippen molar-refractivity contribution in [2.75, 3.05) is 0 Å². The average Bonchev–Trinajstić information content (AvgIpc) is 2.96. The molecule has 1 aromatic heterocycles. The maximum atomic E-state index is 12.4. The summed E-state index contributed by atoms with van der Waals surface area (Å²) in [6.07, 6.45) is 0.565. The number of carbonyl (C=O) groups is 1. The molecule has 0 amide bonds. The fraction of sp³-hybridized carbons (Fsp3) is 0.214. The Hall–Kier alpha value is -1.70. The van der Waals surface area contributed by atoms with E-state index in [-0.39, 0.29) is 9.77 Å². The quantitative estimate of drug-likeness (QED) is 0.855. The van der Waals surface area contributed by atoms with Crippen LogP contribution in [-0.2, 0) is 10.0 Å². The third kappa shape index (κ3) is 3.49. The molecular formula is C14H15NO4S2. The predicted octanol–water partition coefficient (Wildman–Crippen LogP) is 2.88. The Morgan fingerprint density at radius 2 is 1.95 bits per heavy atom. The molecule has 0 aliphatic heterocycles. The molecule has 0 aliphatic carbocycles. The van der Waals surface area contributed by atoms with E-state index in [1.807, 2.05) is 37.3 Å². The summed E-state index contributed by atoms with van der Waals surface area (Å²) >= 11 is 0.896. The molecule has 21 heavy (non-hydrogen) atoms. The predicted molar refractivity (Wildman–Crippen MR) is 81.1 cm³/mol. The number of sulfonamides is 1. The van der Waals surface area contributed by atoms with E-state index in [0.717, 1.165) is 16.9 Å². The van der Waals surface area contributed by atoms with Gasteiger partial charge >= 0.3 is 5.97 Å². The van der Waals surface area contributed by atoms with E-state index >= 15 is 0 Å². The molecule has 5 nitrogen and oxygen atoms in total. The highest BCUT2D eigenvalue weighted by Crippen LogP contribution is 2.25. The van der Waals surface area contributed by atoms with Gasteiger partial charge in [-0.1, -0.05) is 37.3 Å². The van der Waals surface area contributed by atoms with Crippen molar-refractivity contribution in [1.29, 1.82) is 0 Å². The van der Waals surface area contributed by atoms with Crippen molar-refractivity contribution < 1.29 is 18.3 Å². The summed E-state index contributed by atoms with van der Waals surface area (Å²) in [6.45, 7) is 1.87. The van der Waals surface area contributed by atoms with Crippen LogP contribution < -0.4 is 4.72 Å². The fourth-order valence-corrected chi connectivity index (χ4v) is 4.56. The van der Waals surface area contributed by atoms with Crippen molar-refractivity contribution in [2.24, 2.45) is 0 Å². The van der Waals surface area contributed by atoms with Crippen LogP contribution in [0, 0.1) is 0 Å². The van der Waals surface area contributed by atoms with E-state index in [9.17, 15) is 13.2 Å². The van der Waals surface area contributed by atoms with Crippen LogP contribution in [0.1, 0.15) is 34.6 Å². The molecule has 2 rings (SSSR count). The Morgan fingerprint density at radius 3 is 2.52 bits per heavy atom. The van der Waals surface area contributed by atoms with Crippen LogP contribution in [0.3, 0.4) is 0 Å². The number of hydrogen-bond donors (Lipinski definition) is 2. The number of thiophene rings is 1. The zero-order valence-electron chi connectivity index (χ0n) is 11.3.